The van der Waals surface area contributed by atoms with Crippen molar-refractivity contribution in [1.82, 2.24) is 4.57 Å². The number of nitrogens with one attached hydrogen (secondary N) is 1. The number of primary sulfonamides is 1. The molecule has 0 spiro atoms. The number of anilines is 1. The number of oxazole rings is 1. The summed E-state index contributed by atoms with van der Waals surface area (Å²) in [6, 6.07) is 9.43. The van der Waals surface area contributed by atoms with Gasteiger partial charge in [0.05, 0.1) is 11.2 Å². The molecule has 0 aliphatic carbocycles. The molecule has 132 valence electrons. The number of aromatic nitrogens is 1. The predicted molar refractivity (Wildman–Crippen MR) is 90.1 cm³/mol. The summed E-state index contributed by atoms with van der Waals surface area (Å²) in [6.07, 6.45) is 0. The van der Waals surface area contributed by atoms with E-state index in [2.05, 4.69) is 4.72 Å². The second kappa shape index (κ2) is 5.72. The Hall–Kier alpha value is -2.63. The Morgan fingerprint density at radius 3 is 2.28 bits per heavy atom. The van der Waals surface area contributed by atoms with Gasteiger partial charge in [-0.25, -0.2) is 26.8 Å². The van der Waals surface area contributed by atoms with Crippen molar-refractivity contribution in [2.24, 2.45) is 12.2 Å². The highest BCUT2D eigenvalue weighted by atomic mass is 32.2. The van der Waals surface area contributed by atoms with Gasteiger partial charge in [0.15, 0.2) is 5.58 Å². The van der Waals surface area contributed by atoms with E-state index in [0.717, 1.165) is 12.1 Å². The maximum absolute atomic E-state index is 12.6. The Labute approximate surface area is 142 Å². The summed E-state index contributed by atoms with van der Waals surface area (Å²) in [6.45, 7) is 0. The van der Waals surface area contributed by atoms with Gasteiger partial charge in [-0.15, -0.1) is 0 Å². The van der Waals surface area contributed by atoms with Gasteiger partial charge in [0.1, 0.15) is 9.79 Å². The lowest BCUT2D eigenvalue weighted by atomic mass is 10.3. The van der Waals surface area contributed by atoms with Crippen molar-refractivity contribution >= 4 is 36.8 Å². The number of benzene rings is 2. The number of fused-ring (bicyclic) bond motifs is 1. The molecule has 3 N–H and O–H groups in total. The Balaban J connectivity index is 2.17. The van der Waals surface area contributed by atoms with Crippen LogP contribution in [0.15, 0.2) is 61.5 Å². The Bertz CT molecular complexity index is 1240. The molecule has 0 saturated heterocycles. The van der Waals surface area contributed by atoms with Crippen molar-refractivity contribution in [1.29, 1.82) is 0 Å². The van der Waals surface area contributed by atoms with Gasteiger partial charge in [-0.2, -0.15) is 0 Å². The standard InChI is InChI=1S/C14H13N3O6S2/c1-17-10-6-4-5-9(13(10)23-14(17)18)16-25(21,22)12-8-3-2-7-11(12)24(15,19)20/h2-8,16H,1H3,(H2,15,19,20). The van der Waals surface area contributed by atoms with Crippen molar-refractivity contribution in [2.45, 2.75) is 9.79 Å². The first-order chi connectivity index (χ1) is 11.6. The number of hydrogen-bond acceptors (Lipinski definition) is 6. The number of para-hydroxylation sites is 1. The highest BCUT2D eigenvalue weighted by molar-refractivity contribution is 7.94. The first-order valence-electron chi connectivity index (χ1n) is 6.84. The SMILES string of the molecule is Cn1c(=O)oc2c(NS(=O)(=O)c3ccccc3S(N)(=O)=O)cccc21. The molecule has 11 heteroatoms. The number of nitrogens with zero attached hydrogens (tertiary/aromatic N) is 1. The van der Waals surface area contributed by atoms with Gasteiger partial charge in [0.25, 0.3) is 10.0 Å². The molecule has 0 amide bonds. The van der Waals surface area contributed by atoms with Crippen LogP contribution < -0.4 is 15.6 Å². The fourth-order valence-corrected chi connectivity index (χ4v) is 4.78. The van der Waals surface area contributed by atoms with Crippen LogP contribution in [-0.2, 0) is 27.1 Å². The molecule has 0 radical (unpaired) electrons. The summed E-state index contributed by atoms with van der Waals surface area (Å²) in [5, 5.41) is 5.08. The minimum atomic E-state index is -4.30. The second-order valence-corrected chi connectivity index (χ2v) is 8.36. The van der Waals surface area contributed by atoms with Crippen molar-refractivity contribution < 1.29 is 21.3 Å². The van der Waals surface area contributed by atoms with E-state index < -0.39 is 35.6 Å². The smallest absolute Gasteiger partial charge is 0.405 e. The summed E-state index contributed by atoms with van der Waals surface area (Å²) in [5.41, 5.74) is 0.413. The van der Waals surface area contributed by atoms with E-state index in [1.165, 1.54) is 35.9 Å². The first kappa shape index (κ1) is 17.2. The fourth-order valence-electron chi connectivity index (χ4n) is 2.34. The molecule has 0 aliphatic rings. The normalized spacial score (nSPS) is 12.4. The molecule has 0 atom stereocenters. The van der Waals surface area contributed by atoms with Crippen LogP contribution in [0.4, 0.5) is 5.69 Å². The van der Waals surface area contributed by atoms with E-state index in [0.29, 0.717) is 5.52 Å². The zero-order valence-electron chi connectivity index (χ0n) is 12.8. The molecule has 0 unspecified atom stereocenters. The predicted octanol–water partition coefficient (Wildman–Crippen LogP) is 0.580. The van der Waals surface area contributed by atoms with Crippen LogP contribution in [-0.4, -0.2) is 21.4 Å². The van der Waals surface area contributed by atoms with Crippen LogP contribution in [0.5, 0.6) is 0 Å². The van der Waals surface area contributed by atoms with E-state index in [1.54, 1.807) is 6.07 Å². The van der Waals surface area contributed by atoms with Gasteiger partial charge in [-0.1, -0.05) is 18.2 Å². The molecule has 0 fully saturated rings. The number of rotatable bonds is 4. The second-order valence-electron chi connectivity index (χ2n) is 5.18. The van der Waals surface area contributed by atoms with Crippen LogP contribution in [0.2, 0.25) is 0 Å². The summed E-state index contributed by atoms with van der Waals surface area (Å²) in [7, 11) is -7.08. The van der Waals surface area contributed by atoms with Gasteiger partial charge >= 0.3 is 5.76 Å². The van der Waals surface area contributed by atoms with Crippen molar-refractivity contribution in [3.8, 4) is 0 Å². The molecule has 1 aromatic heterocycles. The van der Waals surface area contributed by atoms with Gasteiger partial charge < -0.3 is 4.42 Å². The third kappa shape index (κ3) is 3.04. The molecule has 0 saturated carbocycles. The van der Waals surface area contributed by atoms with Crippen LogP contribution in [0.3, 0.4) is 0 Å². The fraction of sp³-hybridized carbons (Fsp3) is 0.0714. The van der Waals surface area contributed by atoms with Crippen LogP contribution in [0.25, 0.3) is 11.1 Å². The minimum Gasteiger partial charge on any atom is -0.405 e. The molecule has 1 heterocycles. The lowest BCUT2D eigenvalue weighted by Gasteiger charge is -2.11. The number of sulfonamides is 2. The zero-order chi connectivity index (χ0) is 18.4. The van der Waals surface area contributed by atoms with E-state index in [-0.39, 0.29) is 11.3 Å². The summed E-state index contributed by atoms with van der Waals surface area (Å²) in [4.78, 5) is 10.6. The lowest BCUT2D eigenvalue weighted by molar-refractivity contribution is 0.528. The molecule has 9 nitrogen and oxygen atoms in total. The molecule has 3 aromatic rings. The summed E-state index contributed by atoms with van der Waals surface area (Å²) in [5.74, 6) is -0.661. The van der Waals surface area contributed by atoms with Crippen molar-refractivity contribution in [3.63, 3.8) is 0 Å². The number of hydrogen-bond donors (Lipinski definition) is 2. The summed E-state index contributed by atoms with van der Waals surface area (Å²) < 4.78 is 57.1. The molecule has 3 rings (SSSR count). The minimum absolute atomic E-state index is 0.000535. The van der Waals surface area contributed by atoms with E-state index >= 15 is 0 Å². The van der Waals surface area contributed by atoms with Gasteiger partial charge in [0.2, 0.25) is 10.0 Å². The average Bonchev–Trinajstić information content (AvgIpc) is 2.83. The van der Waals surface area contributed by atoms with Gasteiger partial charge in [0, 0.05) is 7.05 Å². The Morgan fingerprint density at radius 2 is 1.64 bits per heavy atom. The van der Waals surface area contributed by atoms with Gasteiger partial charge in [-0.05, 0) is 24.3 Å². The van der Waals surface area contributed by atoms with Crippen LogP contribution in [0.1, 0.15) is 0 Å². The largest absolute Gasteiger partial charge is 0.419 e. The number of nitrogens with two attached hydrogens (primary N) is 1. The van der Waals surface area contributed by atoms with Gasteiger partial charge in [-0.3, -0.25) is 9.29 Å². The van der Waals surface area contributed by atoms with Crippen molar-refractivity contribution in [2.75, 3.05) is 4.72 Å². The maximum Gasteiger partial charge on any atom is 0.419 e. The number of aryl methyl sites for hydroxylation is 1. The summed E-state index contributed by atoms with van der Waals surface area (Å²) >= 11 is 0. The molecule has 2 aromatic carbocycles. The third-order valence-corrected chi connectivity index (χ3v) is 6.03. The molecule has 0 bridgehead atoms. The highest BCUT2D eigenvalue weighted by Crippen LogP contribution is 2.27. The first-order valence-corrected chi connectivity index (χ1v) is 9.87. The van der Waals surface area contributed by atoms with Crippen LogP contribution in [0, 0.1) is 0 Å². The van der Waals surface area contributed by atoms with E-state index in [4.69, 9.17) is 9.56 Å². The van der Waals surface area contributed by atoms with Crippen LogP contribution >= 0.6 is 0 Å². The average molecular weight is 383 g/mol. The maximum atomic E-state index is 12.6. The quantitative estimate of drug-likeness (QED) is 0.675. The van der Waals surface area contributed by atoms with Crippen molar-refractivity contribution in [3.05, 3.63) is 53.0 Å². The molecular weight excluding hydrogens is 370 g/mol. The Morgan fingerprint density at radius 1 is 1.00 bits per heavy atom. The zero-order valence-corrected chi connectivity index (χ0v) is 14.5. The highest BCUT2D eigenvalue weighted by Gasteiger charge is 2.25. The van der Waals surface area contributed by atoms with E-state index in [9.17, 15) is 21.6 Å². The van der Waals surface area contributed by atoms with E-state index in [1.807, 2.05) is 0 Å². The third-order valence-electron chi connectivity index (χ3n) is 3.51. The lowest BCUT2D eigenvalue weighted by Crippen LogP contribution is -2.20. The molecule has 25 heavy (non-hydrogen) atoms. The monoisotopic (exact) mass is 383 g/mol. The topological polar surface area (TPSA) is 141 Å². The molecule has 0 aliphatic heterocycles. The Kier molecular flexibility index (Phi) is 3.94. The molecular formula is C14H13N3O6S2.